The van der Waals surface area contributed by atoms with Gasteiger partial charge in [0.05, 0.1) is 5.69 Å². The second-order valence-electron chi connectivity index (χ2n) is 4.28. The summed E-state index contributed by atoms with van der Waals surface area (Å²) in [4.78, 5) is 19.4. The number of halogens is 1. The third kappa shape index (κ3) is 1.47. The number of nitrogens with two attached hydrogens (primary N) is 2. The summed E-state index contributed by atoms with van der Waals surface area (Å²) in [7, 11) is 0. The Labute approximate surface area is 111 Å². The third-order valence-corrected chi connectivity index (χ3v) is 3.79. The topological polar surface area (TPSA) is 102 Å². The minimum atomic E-state index is -0.0160. The average molecular weight is 310 g/mol. The highest BCUT2D eigenvalue weighted by molar-refractivity contribution is 9.10. The summed E-state index contributed by atoms with van der Waals surface area (Å²) in [6.07, 6.45) is 3.48. The number of hydrogen-bond acceptors (Lipinski definition) is 2. The number of fused-ring (bicyclic) bond motifs is 2. The first-order valence-electron chi connectivity index (χ1n) is 5.61. The minimum Gasteiger partial charge on any atom is -0.370 e. The number of aliphatic imine (C=N–C) groups is 1. The number of hydrogen-bond donors (Lipinski definition) is 3. The predicted molar refractivity (Wildman–Crippen MR) is 74.0 cm³/mol. The fraction of sp³-hybridized carbons (Fsp3) is 0.273. The van der Waals surface area contributed by atoms with Gasteiger partial charge in [-0.2, -0.15) is 0 Å². The molecule has 2 aromatic heterocycles. The largest absolute Gasteiger partial charge is 0.370 e. The quantitative estimate of drug-likeness (QED) is 0.539. The highest BCUT2D eigenvalue weighted by Gasteiger charge is 2.22. The van der Waals surface area contributed by atoms with Crippen molar-refractivity contribution in [2.75, 3.05) is 0 Å². The van der Waals surface area contributed by atoms with E-state index in [9.17, 15) is 4.79 Å². The fourth-order valence-corrected chi connectivity index (χ4v) is 2.97. The van der Waals surface area contributed by atoms with E-state index in [0.717, 1.165) is 28.4 Å². The van der Waals surface area contributed by atoms with Gasteiger partial charge in [0, 0.05) is 28.3 Å². The molecule has 0 aliphatic carbocycles. The van der Waals surface area contributed by atoms with Crippen molar-refractivity contribution in [3.8, 4) is 0 Å². The molecule has 0 spiro atoms. The monoisotopic (exact) mass is 309 g/mol. The van der Waals surface area contributed by atoms with Crippen molar-refractivity contribution in [3.05, 3.63) is 26.7 Å². The van der Waals surface area contributed by atoms with E-state index in [0.29, 0.717) is 17.7 Å². The molecular formula is C11H12BrN5O. The Morgan fingerprint density at radius 1 is 1.50 bits per heavy atom. The van der Waals surface area contributed by atoms with Crippen LogP contribution in [0.25, 0.3) is 10.9 Å². The Bertz CT molecular complexity index is 723. The summed E-state index contributed by atoms with van der Waals surface area (Å²) in [6.45, 7) is 0.716. The van der Waals surface area contributed by atoms with Crippen LogP contribution in [0.1, 0.15) is 12.1 Å². The predicted octanol–water partition coefficient (Wildman–Crippen LogP) is 0.943. The number of aromatic amines is 1. The van der Waals surface area contributed by atoms with Gasteiger partial charge in [0.25, 0.3) is 5.56 Å². The number of nitrogens with one attached hydrogen (secondary N) is 1. The maximum Gasteiger partial charge on any atom is 0.275 e. The summed E-state index contributed by atoms with van der Waals surface area (Å²) in [5.74, 6) is -0.00208. The Morgan fingerprint density at radius 2 is 2.28 bits per heavy atom. The van der Waals surface area contributed by atoms with Crippen molar-refractivity contribution in [3.63, 3.8) is 0 Å². The first-order chi connectivity index (χ1) is 8.59. The zero-order valence-electron chi connectivity index (χ0n) is 9.53. The zero-order valence-corrected chi connectivity index (χ0v) is 11.1. The Hall–Kier alpha value is -1.76. The van der Waals surface area contributed by atoms with Crippen LogP contribution in [0.4, 0.5) is 5.69 Å². The van der Waals surface area contributed by atoms with Gasteiger partial charge in [-0.1, -0.05) is 0 Å². The number of nitrogens with zero attached hydrogens (tertiary/aromatic N) is 2. The van der Waals surface area contributed by atoms with Crippen molar-refractivity contribution in [1.29, 1.82) is 0 Å². The molecule has 0 saturated heterocycles. The minimum absolute atomic E-state index is 0.00208. The Kier molecular flexibility index (Phi) is 2.44. The van der Waals surface area contributed by atoms with Gasteiger partial charge in [-0.25, -0.2) is 4.99 Å². The van der Waals surface area contributed by atoms with Gasteiger partial charge < -0.3 is 21.0 Å². The van der Waals surface area contributed by atoms with Crippen LogP contribution in [0.2, 0.25) is 0 Å². The van der Waals surface area contributed by atoms with Crippen molar-refractivity contribution in [2.45, 2.75) is 19.4 Å². The lowest BCUT2D eigenvalue weighted by Gasteiger charge is -2.08. The average Bonchev–Trinajstić information content (AvgIpc) is 2.91. The van der Waals surface area contributed by atoms with Gasteiger partial charge in [-0.05, 0) is 28.8 Å². The highest BCUT2D eigenvalue weighted by Crippen LogP contribution is 2.36. The van der Waals surface area contributed by atoms with E-state index in [2.05, 4.69) is 25.9 Å². The van der Waals surface area contributed by atoms with Crippen LogP contribution in [-0.2, 0) is 13.0 Å². The molecule has 0 atom stereocenters. The maximum absolute atomic E-state index is 12.3. The molecule has 5 N–H and O–H groups in total. The van der Waals surface area contributed by atoms with Crippen LogP contribution in [-0.4, -0.2) is 15.5 Å². The molecule has 94 valence electrons. The molecule has 0 fully saturated rings. The number of rotatable bonds is 1. The van der Waals surface area contributed by atoms with Gasteiger partial charge in [0.2, 0.25) is 0 Å². The molecule has 18 heavy (non-hydrogen) atoms. The van der Waals surface area contributed by atoms with Crippen molar-refractivity contribution in [1.82, 2.24) is 9.55 Å². The van der Waals surface area contributed by atoms with E-state index >= 15 is 0 Å². The normalized spacial score (nSPS) is 13.8. The van der Waals surface area contributed by atoms with Gasteiger partial charge in [0.1, 0.15) is 5.52 Å². The Balaban J connectivity index is 2.52. The van der Waals surface area contributed by atoms with Crippen LogP contribution in [0.5, 0.6) is 0 Å². The molecule has 1 aliphatic heterocycles. The molecule has 2 aromatic rings. The van der Waals surface area contributed by atoms with Gasteiger partial charge in [0.15, 0.2) is 5.96 Å². The number of guanidine groups is 1. The highest BCUT2D eigenvalue weighted by atomic mass is 79.9. The van der Waals surface area contributed by atoms with Crippen molar-refractivity contribution >= 4 is 38.5 Å². The SMILES string of the molecule is NC(N)=Nc1c2n(c(=O)c3[nH]cc(Br)c13)CCC2. The molecule has 0 amide bonds. The lowest BCUT2D eigenvalue weighted by molar-refractivity contribution is 0.726. The van der Waals surface area contributed by atoms with E-state index in [1.54, 1.807) is 10.8 Å². The van der Waals surface area contributed by atoms with Crippen molar-refractivity contribution in [2.24, 2.45) is 16.5 Å². The van der Waals surface area contributed by atoms with E-state index in [1.165, 1.54) is 0 Å². The number of H-pyrrole nitrogens is 1. The molecule has 0 bridgehead atoms. The molecule has 0 radical (unpaired) electrons. The van der Waals surface area contributed by atoms with E-state index < -0.39 is 0 Å². The van der Waals surface area contributed by atoms with E-state index in [4.69, 9.17) is 11.5 Å². The second-order valence-corrected chi connectivity index (χ2v) is 5.13. The van der Waals surface area contributed by atoms with Crippen molar-refractivity contribution < 1.29 is 0 Å². The summed E-state index contributed by atoms with van der Waals surface area (Å²) in [5.41, 5.74) is 13.1. The van der Waals surface area contributed by atoms with Crippen LogP contribution >= 0.6 is 15.9 Å². The molecule has 7 heteroatoms. The molecule has 0 unspecified atom stereocenters. The molecule has 6 nitrogen and oxygen atoms in total. The standard InChI is InChI=1S/C11H12BrN5O/c12-5-4-15-9-7(5)8(16-11(13)14)6-2-1-3-17(6)10(9)18/h4,15H,1-3H2,(H4,13,14,16). The smallest absolute Gasteiger partial charge is 0.275 e. The van der Waals surface area contributed by atoms with Crippen LogP contribution < -0.4 is 17.0 Å². The van der Waals surface area contributed by atoms with Gasteiger partial charge in [-0.15, -0.1) is 0 Å². The zero-order chi connectivity index (χ0) is 12.9. The maximum atomic E-state index is 12.3. The molecule has 3 heterocycles. The van der Waals surface area contributed by atoms with E-state index in [1.807, 2.05) is 0 Å². The number of pyridine rings is 1. The Morgan fingerprint density at radius 3 is 3.00 bits per heavy atom. The molecular weight excluding hydrogens is 298 g/mol. The summed E-state index contributed by atoms with van der Waals surface area (Å²) < 4.78 is 2.54. The third-order valence-electron chi connectivity index (χ3n) is 3.16. The first-order valence-corrected chi connectivity index (χ1v) is 6.41. The van der Waals surface area contributed by atoms with E-state index in [-0.39, 0.29) is 11.5 Å². The lowest BCUT2D eigenvalue weighted by atomic mass is 10.2. The second kappa shape index (κ2) is 3.88. The fourth-order valence-electron chi connectivity index (χ4n) is 2.47. The molecule has 0 saturated carbocycles. The first kappa shape index (κ1) is 11.3. The molecule has 0 aromatic carbocycles. The molecule has 1 aliphatic rings. The summed E-state index contributed by atoms with van der Waals surface area (Å²) >= 11 is 3.42. The summed E-state index contributed by atoms with van der Waals surface area (Å²) in [5, 5.41) is 0.751. The van der Waals surface area contributed by atoms with Crippen LogP contribution in [0.15, 0.2) is 20.5 Å². The van der Waals surface area contributed by atoms with Gasteiger partial charge >= 0.3 is 0 Å². The summed E-state index contributed by atoms with van der Waals surface area (Å²) in [6, 6.07) is 0. The lowest BCUT2D eigenvalue weighted by Crippen LogP contribution is -2.23. The van der Waals surface area contributed by atoms with Crippen LogP contribution in [0, 0.1) is 0 Å². The number of aromatic nitrogens is 2. The van der Waals surface area contributed by atoms with Crippen LogP contribution in [0.3, 0.4) is 0 Å². The van der Waals surface area contributed by atoms with Gasteiger partial charge in [-0.3, -0.25) is 4.79 Å². The molecule has 3 rings (SSSR count).